The summed E-state index contributed by atoms with van der Waals surface area (Å²) in [6.07, 6.45) is 7.93. The zero-order valence-corrected chi connectivity index (χ0v) is 10.2. The SMILES string of the molecule is CCC1(CNC(=O)c2ccncc2N)CCC1. The fraction of sp³-hybridized carbons (Fsp3) is 0.538. The second kappa shape index (κ2) is 4.73. The van der Waals surface area contributed by atoms with Gasteiger partial charge in [-0.2, -0.15) is 0 Å². The average Bonchev–Trinajstić information content (AvgIpc) is 2.28. The predicted octanol–water partition coefficient (Wildman–Crippen LogP) is 1.97. The summed E-state index contributed by atoms with van der Waals surface area (Å²) in [6.45, 7) is 2.94. The predicted molar refractivity (Wildman–Crippen MR) is 67.6 cm³/mol. The Balaban J connectivity index is 1.96. The van der Waals surface area contributed by atoms with E-state index in [9.17, 15) is 4.79 Å². The minimum absolute atomic E-state index is 0.0929. The van der Waals surface area contributed by atoms with Crippen molar-refractivity contribution in [2.45, 2.75) is 32.6 Å². The lowest BCUT2D eigenvalue weighted by molar-refractivity contribution is 0.0851. The first-order chi connectivity index (χ1) is 8.17. The minimum Gasteiger partial charge on any atom is -0.397 e. The summed E-state index contributed by atoms with van der Waals surface area (Å²) in [7, 11) is 0. The van der Waals surface area contributed by atoms with Gasteiger partial charge in [0.25, 0.3) is 5.91 Å². The lowest BCUT2D eigenvalue weighted by Gasteiger charge is -2.41. The van der Waals surface area contributed by atoms with Gasteiger partial charge in [-0.25, -0.2) is 0 Å². The summed E-state index contributed by atoms with van der Waals surface area (Å²) in [5.74, 6) is -0.0929. The van der Waals surface area contributed by atoms with Crippen molar-refractivity contribution in [2.24, 2.45) is 5.41 Å². The molecule has 92 valence electrons. The topological polar surface area (TPSA) is 68.0 Å². The highest BCUT2D eigenvalue weighted by molar-refractivity contribution is 5.98. The third-order valence-corrected chi connectivity index (χ3v) is 3.88. The van der Waals surface area contributed by atoms with Crippen molar-refractivity contribution in [1.29, 1.82) is 0 Å². The number of hydrogen-bond acceptors (Lipinski definition) is 3. The van der Waals surface area contributed by atoms with Crippen molar-refractivity contribution in [2.75, 3.05) is 12.3 Å². The number of anilines is 1. The van der Waals surface area contributed by atoms with E-state index in [2.05, 4.69) is 17.2 Å². The van der Waals surface area contributed by atoms with Crippen LogP contribution in [0, 0.1) is 5.41 Å². The maximum absolute atomic E-state index is 11.9. The van der Waals surface area contributed by atoms with Gasteiger partial charge in [0.15, 0.2) is 0 Å². The van der Waals surface area contributed by atoms with Gasteiger partial charge in [0, 0.05) is 12.7 Å². The third kappa shape index (κ3) is 2.40. The molecule has 0 unspecified atom stereocenters. The molecule has 0 atom stereocenters. The van der Waals surface area contributed by atoms with Crippen LogP contribution in [-0.4, -0.2) is 17.4 Å². The highest BCUT2D eigenvalue weighted by Crippen LogP contribution is 2.43. The molecule has 1 saturated carbocycles. The van der Waals surface area contributed by atoms with Crippen molar-refractivity contribution in [3.63, 3.8) is 0 Å². The Morgan fingerprint density at radius 1 is 1.59 bits per heavy atom. The number of amides is 1. The van der Waals surface area contributed by atoms with Crippen LogP contribution >= 0.6 is 0 Å². The fourth-order valence-corrected chi connectivity index (χ4v) is 2.31. The number of hydrogen-bond donors (Lipinski definition) is 2. The van der Waals surface area contributed by atoms with E-state index in [1.165, 1.54) is 25.5 Å². The van der Waals surface area contributed by atoms with Gasteiger partial charge in [-0.1, -0.05) is 13.3 Å². The number of aromatic nitrogens is 1. The summed E-state index contributed by atoms with van der Waals surface area (Å²) in [5.41, 5.74) is 7.00. The molecule has 1 aromatic heterocycles. The highest BCUT2D eigenvalue weighted by atomic mass is 16.1. The van der Waals surface area contributed by atoms with Gasteiger partial charge in [0.05, 0.1) is 17.4 Å². The van der Waals surface area contributed by atoms with E-state index in [1.54, 1.807) is 12.3 Å². The smallest absolute Gasteiger partial charge is 0.253 e. The molecule has 1 aliphatic carbocycles. The second-order valence-electron chi connectivity index (χ2n) is 4.85. The molecule has 1 amide bonds. The van der Waals surface area contributed by atoms with Crippen LogP contribution < -0.4 is 11.1 Å². The molecule has 0 aromatic carbocycles. The van der Waals surface area contributed by atoms with E-state index in [4.69, 9.17) is 5.73 Å². The molecule has 1 aromatic rings. The average molecular weight is 233 g/mol. The third-order valence-electron chi connectivity index (χ3n) is 3.88. The summed E-state index contributed by atoms with van der Waals surface area (Å²) >= 11 is 0. The molecule has 0 radical (unpaired) electrons. The number of carbonyl (C=O) groups is 1. The van der Waals surface area contributed by atoms with E-state index in [0.717, 1.165) is 13.0 Å². The summed E-state index contributed by atoms with van der Waals surface area (Å²) in [4.78, 5) is 15.8. The van der Waals surface area contributed by atoms with Gasteiger partial charge in [-0.3, -0.25) is 9.78 Å². The van der Waals surface area contributed by atoms with Crippen LogP contribution in [0.4, 0.5) is 5.69 Å². The molecule has 3 N–H and O–H groups in total. The monoisotopic (exact) mass is 233 g/mol. The van der Waals surface area contributed by atoms with E-state index in [-0.39, 0.29) is 5.91 Å². The number of nitrogens with zero attached hydrogens (tertiary/aromatic N) is 1. The molecule has 0 saturated heterocycles. The Morgan fingerprint density at radius 3 is 2.88 bits per heavy atom. The maximum atomic E-state index is 11.9. The molecule has 4 heteroatoms. The van der Waals surface area contributed by atoms with Crippen LogP contribution in [0.15, 0.2) is 18.5 Å². The number of nitrogens with two attached hydrogens (primary N) is 1. The first-order valence-electron chi connectivity index (χ1n) is 6.14. The number of nitrogen functional groups attached to an aromatic ring is 1. The van der Waals surface area contributed by atoms with Crippen molar-refractivity contribution < 1.29 is 4.79 Å². The summed E-state index contributed by atoms with van der Waals surface area (Å²) in [5, 5.41) is 2.99. The standard InChI is InChI=1S/C13H19N3O/c1-2-13(5-3-6-13)9-16-12(17)10-4-7-15-8-11(10)14/h4,7-8H,2-3,5-6,9,14H2,1H3,(H,16,17). The Labute approximate surface area is 102 Å². The Hall–Kier alpha value is -1.58. The summed E-state index contributed by atoms with van der Waals surface area (Å²) in [6, 6.07) is 1.66. The number of rotatable bonds is 4. The molecule has 1 heterocycles. The lowest BCUT2D eigenvalue weighted by Crippen LogP contribution is -2.41. The lowest BCUT2D eigenvalue weighted by atomic mass is 9.67. The normalized spacial score (nSPS) is 17.2. The van der Waals surface area contributed by atoms with Crippen molar-refractivity contribution in [3.8, 4) is 0 Å². The number of nitrogens with one attached hydrogen (secondary N) is 1. The van der Waals surface area contributed by atoms with Gasteiger partial charge >= 0.3 is 0 Å². The first-order valence-corrected chi connectivity index (χ1v) is 6.14. The Bertz CT molecular complexity index is 407. The first kappa shape index (κ1) is 11.9. The highest BCUT2D eigenvalue weighted by Gasteiger charge is 2.35. The van der Waals surface area contributed by atoms with E-state index in [1.807, 2.05) is 0 Å². The molecular formula is C13H19N3O. The van der Waals surface area contributed by atoms with Gasteiger partial charge in [0.1, 0.15) is 0 Å². The van der Waals surface area contributed by atoms with Crippen LogP contribution in [0.2, 0.25) is 0 Å². The molecule has 17 heavy (non-hydrogen) atoms. The Kier molecular flexibility index (Phi) is 3.31. The second-order valence-corrected chi connectivity index (χ2v) is 4.85. The van der Waals surface area contributed by atoms with E-state index < -0.39 is 0 Å². The number of pyridine rings is 1. The zero-order valence-electron chi connectivity index (χ0n) is 10.2. The molecule has 0 spiro atoms. The van der Waals surface area contributed by atoms with Crippen molar-refractivity contribution >= 4 is 11.6 Å². The molecule has 4 nitrogen and oxygen atoms in total. The van der Waals surface area contributed by atoms with Crippen LogP contribution in [0.1, 0.15) is 43.0 Å². The Morgan fingerprint density at radius 2 is 2.35 bits per heavy atom. The molecule has 0 bridgehead atoms. The quantitative estimate of drug-likeness (QED) is 0.835. The van der Waals surface area contributed by atoms with Crippen LogP contribution in [0.5, 0.6) is 0 Å². The van der Waals surface area contributed by atoms with Crippen molar-refractivity contribution in [1.82, 2.24) is 10.3 Å². The minimum atomic E-state index is -0.0929. The fourth-order valence-electron chi connectivity index (χ4n) is 2.31. The summed E-state index contributed by atoms with van der Waals surface area (Å²) < 4.78 is 0. The van der Waals surface area contributed by atoms with E-state index >= 15 is 0 Å². The van der Waals surface area contributed by atoms with Gasteiger partial charge in [0.2, 0.25) is 0 Å². The zero-order chi connectivity index (χ0) is 12.3. The van der Waals surface area contributed by atoms with Crippen LogP contribution in [0.25, 0.3) is 0 Å². The molecule has 1 fully saturated rings. The maximum Gasteiger partial charge on any atom is 0.253 e. The van der Waals surface area contributed by atoms with Gasteiger partial charge in [-0.15, -0.1) is 0 Å². The van der Waals surface area contributed by atoms with Gasteiger partial charge < -0.3 is 11.1 Å². The van der Waals surface area contributed by atoms with Crippen molar-refractivity contribution in [3.05, 3.63) is 24.0 Å². The molecule has 0 aliphatic heterocycles. The van der Waals surface area contributed by atoms with Gasteiger partial charge in [-0.05, 0) is 30.7 Å². The number of carbonyl (C=O) groups excluding carboxylic acids is 1. The molecule has 1 aliphatic rings. The van der Waals surface area contributed by atoms with E-state index in [0.29, 0.717) is 16.7 Å². The molecule has 2 rings (SSSR count). The molecular weight excluding hydrogens is 214 g/mol. The largest absolute Gasteiger partial charge is 0.397 e. The van der Waals surface area contributed by atoms with Crippen LogP contribution in [-0.2, 0) is 0 Å². The van der Waals surface area contributed by atoms with Crippen LogP contribution in [0.3, 0.4) is 0 Å².